The van der Waals surface area contributed by atoms with Crippen LogP contribution < -0.4 is 22.1 Å². The molecule has 1 saturated heterocycles. The number of thioether (sulfide) groups is 3. The molecule has 2 unspecified atom stereocenters. The SMILES string of the molecule is CCSC(NC(=N)N)c1cnccc1SC1=CS[C@H]2[C@H](NC(=O)/C(=N\O)c3csc(N)n3)C(=O)N2C1C(=O)O. The van der Waals surface area contributed by atoms with Crippen LogP contribution in [0.1, 0.15) is 23.6 Å². The number of carboxylic acids is 1. The van der Waals surface area contributed by atoms with Crippen molar-refractivity contribution in [2.24, 2.45) is 10.9 Å². The summed E-state index contributed by atoms with van der Waals surface area (Å²) in [4.78, 5) is 48.5. The van der Waals surface area contributed by atoms with Crippen LogP contribution in [-0.4, -0.2) is 77.8 Å². The summed E-state index contributed by atoms with van der Waals surface area (Å²) < 4.78 is 0. The van der Waals surface area contributed by atoms with Crippen LogP contribution >= 0.6 is 46.6 Å². The molecule has 206 valence electrons. The Morgan fingerprint density at radius 1 is 1.41 bits per heavy atom. The molecule has 39 heavy (non-hydrogen) atoms. The lowest BCUT2D eigenvalue weighted by molar-refractivity contribution is -0.159. The number of carbonyl (C=O) groups excluding carboxylic acids is 2. The number of hydrogen-bond acceptors (Lipinski definition) is 13. The summed E-state index contributed by atoms with van der Waals surface area (Å²) in [5.74, 6) is -2.18. The van der Waals surface area contributed by atoms with Crippen molar-refractivity contribution in [3.05, 3.63) is 45.4 Å². The molecule has 4 rings (SSSR count). The fourth-order valence-corrected chi connectivity index (χ4v) is 7.83. The van der Waals surface area contributed by atoms with E-state index in [9.17, 15) is 24.7 Å². The van der Waals surface area contributed by atoms with Crippen LogP contribution in [-0.2, 0) is 14.4 Å². The molecule has 0 saturated carbocycles. The monoisotopic (exact) mass is 609 g/mol. The summed E-state index contributed by atoms with van der Waals surface area (Å²) >= 11 is 4.91. The van der Waals surface area contributed by atoms with Gasteiger partial charge in [-0.1, -0.05) is 23.8 Å². The number of pyridine rings is 1. The van der Waals surface area contributed by atoms with Gasteiger partial charge in [0.1, 0.15) is 22.5 Å². The van der Waals surface area contributed by atoms with Gasteiger partial charge in [-0.25, -0.2) is 9.78 Å². The minimum Gasteiger partial charge on any atom is -0.479 e. The Kier molecular flexibility index (Phi) is 8.88. The third-order valence-electron chi connectivity index (χ3n) is 5.49. The molecule has 0 bridgehead atoms. The van der Waals surface area contributed by atoms with Gasteiger partial charge >= 0.3 is 5.97 Å². The molecule has 0 spiro atoms. The predicted octanol–water partition coefficient (Wildman–Crippen LogP) is 1.02. The van der Waals surface area contributed by atoms with E-state index in [-0.39, 0.29) is 16.8 Å². The Bertz CT molecular complexity index is 1370. The lowest BCUT2D eigenvalue weighted by atomic mass is 10.0. The zero-order chi connectivity index (χ0) is 28.3. The summed E-state index contributed by atoms with van der Waals surface area (Å²) in [6, 6.07) is -0.601. The number of carbonyl (C=O) groups is 3. The molecule has 2 aromatic heterocycles. The number of aliphatic carboxylic acids is 1. The van der Waals surface area contributed by atoms with Crippen LogP contribution in [0.2, 0.25) is 0 Å². The fourth-order valence-electron chi connectivity index (χ4n) is 3.84. The molecule has 18 heteroatoms. The molecule has 14 nitrogen and oxygen atoms in total. The van der Waals surface area contributed by atoms with Gasteiger partial charge in [0.2, 0.25) is 5.91 Å². The van der Waals surface area contributed by atoms with Gasteiger partial charge in [-0.15, -0.1) is 34.9 Å². The molecular weight excluding hydrogens is 587 g/mol. The predicted molar refractivity (Wildman–Crippen MR) is 151 cm³/mol. The zero-order valence-corrected chi connectivity index (χ0v) is 23.4. The second-order valence-electron chi connectivity index (χ2n) is 7.91. The van der Waals surface area contributed by atoms with Crippen LogP contribution in [0.5, 0.6) is 0 Å². The fraction of sp³-hybridized carbons (Fsp3) is 0.286. The quantitative estimate of drug-likeness (QED) is 0.0498. The van der Waals surface area contributed by atoms with Gasteiger partial charge in [0, 0.05) is 33.1 Å². The number of hydrogen-bond donors (Lipinski definition) is 7. The van der Waals surface area contributed by atoms with Gasteiger partial charge in [-0.3, -0.25) is 20.0 Å². The van der Waals surface area contributed by atoms with E-state index in [1.165, 1.54) is 45.6 Å². The minimum absolute atomic E-state index is 0.0476. The van der Waals surface area contributed by atoms with Gasteiger partial charge in [0.25, 0.3) is 5.91 Å². The van der Waals surface area contributed by atoms with Gasteiger partial charge in [0.15, 0.2) is 22.8 Å². The average Bonchev–Trinajstić information content (AvgIpc) is 3.32. The number of rotatable bonds is 10. The number of oxime groups is 1. The molecule has 2 aliphatic rings. The molecule has 4 atom stereocenters. The number of nitrogens with zero attached hydrogens (tertiary/aromatic N) is 4. The molecule has 4 heterocycles. The van der Waals surface area contributed by atoms with Crippen molar-refractivity contribution in [3.63, 3.8) is 0 Å². The van der Waals surface area contributed by atoms with Crippen molar-refractivity contribution < 1.29 is 24.7 Å². The Morgan fingerprint density at radius 3 is 2.79 bits per heavy atom. The normalized spacial score (nSPS) is 21.3. The third-order valence-corrected chi connectivity index (χ3v) is 9.69. The summed E-state index contributed by atoms with van der Waals surface area (Å²) in [6.45, 7) is 1.95. The molecule has 2 amide bonds. The van der Waals surface area contributed by atoms with Crippen LogP contribution in [0.3, 0.4) is 0 Å². The molecule has 2 aliphatic heterocycles. The number of amides is 2. The molecule has 0 aliphatic carbocycles. The highest BCUT2D eigenvalue weighted by molar-refractivity contribution is 8.06. The standard InChI is InChI=1S/C21H23N9O5S4/c1-2-36-16(28-20(22)23)8-5-25-4-3-10(8)39-11-7-37-18-13(17(32)30(18)14(11)19(33)34)27-15(31)12(29-35)9-6-38-21(24)26-9/h3-7,13-14,16,18,35H,2H2,1H3,(H2,24,26)(H,27,31)(H,33,34)(H4,22,23,28)/b29-12-/t13-,14?,16?,18+/m1/s1. The number of thiazole rings is 1. The zero-order valence-electron chi connectivity index (χ0n) is 20.1. The number of nitrogen functional groups attached to an aromatic ring is 1. The van der Waals surface area contributed by atoms with E-state index in [4.69, 9.17) is 16.9 Å². The van der Waals surface area contributed by atoms with E-state index in [0.29, 0.717) is 15.4 Å². The van der Waals surface area contributed by atoms with E-state index in [2.05, 4.69) is 25.8 Å². The highest BCUT2D eigenvalue weighted by Crippen LogP contribution is 2.46. The Hall–Kier alpha value is -3.48. The van der Waals surface area contributed by atoms with Crippen molar-refractivity contribution >= 4 is 81.2 Å². The van der Waals surface area contributed by atoms with E-state index in [1.807, 2.05) is 6.92 Å². The second-order valence-corrected chi connectivity index (χ2v) is 12.3. The first kappa shape index (κ1) is 28.5. The lowest BCUT2D eigenvalue weighted by Crippen LogP contribution is -2.74. The number of nitrogens with two attached hydrogens (primary N) is 2. The summed E-state index contributed by atoms with van der Waals surface area (Å²) in [5.41, 5.74) is 11.5. The highest BCUT2D eigenvalue weighted by Gasteiger charge is 2.56. The molecule has 9 N–H and O–H groups in total. The number of fused-ring (bicyclic) bond motifs is 1. The summed E-state index contributed by atoms with van der Waals surface area (Å²) in [5, 5.41) is 37.6. The average molecular weight is 610 g/mol. The Morgan fingerprint density at radius 2 is 2.18 bits per heavy atom. The van der Waals surface area contributed by atoms with E-state index >= 15 is 0 Å². The number of nitrogens with one attached hydrogen (secondary N) is 3. The van der Waals surface area contributed by atoms with Crippen molar-refractivity contribution in [1.29, 1.82) is 5.41 Å². The van der Waals surface area contributed by atoms with Crippen LogP contribution in [0.25, 0.3) is 0 Å². The summed E-state index contributed by atoms with van der Waals surface area (Å²) in [6.07, 6.45) is 3.19. The number of aromatic nitrogens is 2. The van der Waals surface area contributed by atoms with Crippen molar-refractivity contribution in [3.8, 4) is 0 Å². The number of β-lactam (4-membered cyclic amide) rings is 1. The minimum atomic E-state index is -1.29. The maximum Gasteiger partial charge on any atom is 0.331 e. The van der Waals surface area contributed by atoms with E-state index in [1.54, 1.807) is 23.9 Å². The van der Waals surface area contributed by atoms with E-state index in [0.717, 1.165) is 17.1 Å². The maximum atomic E-state index is 13.1. The van der Waals surface area contributed by atoms with Crippen molar-refractivity contribution in [1.82, 2.24) is 25.5 Å². The Balaban J connectivity index is 1.55. The highest BCUT2D eigenvalue weighted by atomic mass is 32.2. The largest absolute Gasteiger partial charge is 0.479 e. The summed E-state index contributed by atoms with van der Waals surface area (Å²) in [7, 11) is 0. The first-order valence-corrected chi connectivity index (χ1v) is 14.8. The third kappa shape index (κ3) is 5.92. The number of anilines is 1. The molecule has 0 radical (unpaired) electrons. The first-order valence-electron chi connectivity index (χ1n) is 11.1. The lowest BCUT2D eigenvalue weighted by Gasteiger charge is -2.51. The van der Waals surface area contributed by atoms with Gasteiger partial charge in [-0.05, 0) is 17.2 Å². The van der Waals surface area contributed by atoms with Gasteiger partial charge in [0.05, 0.1) is 0 Å². The molecular formula is C21H23N9O5S4. The van der Waals surface area contributed by atoms with Crippen LogP contribution in [0, 0.1) is 5.41 Å². The Labute approximate surface area is 238 Å². The topological polar surface area (TPSA) is 233 Å². The first-order chi connectivity index (χ1) is 18.7. The van der Waals surface area contributed by atoms with Crippen molar-refractivity contribution in [2.75, 3.05) is 11.5 Å². The number of guanidine groups is 1. The second kappa shape index (κ2) is 12.1. The van der Waals surface area contributed by atoms with Gasteiger partial charge < -0.3 is 37.3 Å². The molecule has 0 aromatic carbocycles. The van der Waals surface area contributed by atoms with Crippen LogP contribution in [0.15, 0.2) is 44.2 Å². The smallest absolute Gasteiger partial charge is 0.331 e. The maximum absolute atomic E-state index is 13.1. The van der Waals surface area contributed by atoms with E-state index < -0.39 is 46.3 Å². The van der Waals surface area contributed by atoms with Crippen molar-refractivity contribution in [2.45, 2.75) is 34.7 Å². The van der Waals surface area contributed by atoms with Gasteiger partial charge in [-0.2, -0.15) is 0 Å². The van der Waals surface area contributed by atoms with Crippen LogP contribution in [0.4, 0.5) is 5.13 Å². The number of carboxylic acid groups (broad SMARTS) is 1. The molecule has 1 fully saturated rings. The molecule has 2 aromatic rings.